The maximum absolute atomic E-state index is 12.7. The summed E-state index contributed by atoms with van der Waals surface area (Å²) in [4.78, 5) is 37.7. The van der Waals surface area contributed by atoms with Gasteiger partial charge < -0.3 is 14.2 Å². The molecule has 0 aliphatic carbocycles. The highest BCUT2D eigenvalue weighted by Gasteiger charge is 2.19. The molecule has 0 radical (unpaired) electrons. The zero-order chi connectivity index (χ0) is 39.2. The molecule has 0 heterocycles. The van der Waals surface area contributed by atoms with Crippen molar-refractivity contribution in [2.24, 2.45) is 17.8 Å². The van der Waals surface area contributed by atoms with Crippen LogP contribution in [0, 0.1) is 17.8 Å². The van der Waals surface area contributed by atoms with E-state index in [4.69, 9.17) is 14.2 Å². The van der Waals surface area contributed by atoms with Crippen LogP contribution in [0.4, 0.5) is 0 Å². The summed E-state index contributed by atoms with van der Waals surface area (Å²) < 4.78 is 16.7. The maximum Gasteiger partial charge on any atom is 0.306 e. The van der Waals surface area contributed by atoms with Crippen molar-refractivity contribution in [2.45, 2.75) is 253 Å². The Bertz CT molecular complexity index is 824. The highest BCUT2D eigenvalue weighted by molar-refractivity contribution is 5.71. The Kier molecular flexibility index (Phi) is 37.5. The van der Waals surface area contributed by atoms with Crippen LogP contribution >= 0.6 is 0 Å². The molecule has 6 nitrogen and oxygen atoms in total. The average molecular weight is 751 g/mol. The van der Waals surface area contributed by atoms with Gasteiger partial charge in [-0.25, -0.2) is 0 Å². The molecule has 0 saturated carbocycles. The summed E-state index contributed by atoms with van der Waals surface area (Å²) >= 11 is 0. The molecular weight excluding hydrogens is 661 g/mol. The number of hydrogen-bond acceptors (Lipinski definition) is 6. The number of hydrogen-bond donors (Lipinski definition) is 0. The summed E-state index contributed by atoms with van der Waals surface area (Å²) in [6, 6.07) is 0. The van der Waals surface area contributed by atoms with Gasteiger partial charge in [-0.15, -0.1) is 0 Å². The molecule has 0 rings (SSSR count). The van der Waals surface area contributed by atoms with E-state index in [1.165, 1.54) is 128 Å². The first-order chi connectivity index (χ1) is 25.6. The fourth-order valence-corrected chi connectivity index (χ4v) is 6.85. The maximum atomic E-state index is 12.7. The third-order valence-electron chi connectivity index (χ3n) is 10.8. The first-order valence-corrected chi connectivity index (χ1v) is 23.1. The van der Waals surface area contributed by atoms with Gasteiger partial charge in [-0.05, 0) is 37.0 Å². The summed E-state index contributed by atoms with van der Waals surface area (Å²) in [7, 11) is 0. The molecule has 0 aliphatic rings. The van der Waals surface area contributed by atoms with Crippen molar-refractivity contribution < 1.29 is 28.6 Å². The molecule has 0 aromatic carbocycles. The first kappa shape index (κ1) is 51.4. The van der Waals surface area contributed by atoms with Crippen molar-refractivity contribution in [3.8, 4) is 0 Å². The van der Waals surface area contributed by atoms with E-state index < -0.39 is 6.10 Å². The van der Waals surface area contributed by atoms with E-state index in [1.807, 2.05) is 0 Å². The zero-order valence-electron chi connectivity index (χ0n) is 36.3. The van der Waals surface area contributed by atoms with E-state index in [9.17, 15) is 14.4 Å². The van der Waals surface area contributed by atoms with Crippen molar-refractivity contribution in [3.05, 3.63) is 0 Å². The van der Waals surface area contributed by atoms with Crippen LogP contribution in [0.5, 0.6) is 0 Å². The number of esters is 3. The van der Waals surface area contributed by atoms with Gasteiger partial charge in [0.15, 0.2) is 6.10 Å². The predicted octanol–water partition coefficient (Wildman–Crippen LogP) is 14.4. The minimum absolute atomic E-state index is 0.0668. The molecule has 1 unspecified atom stereocenters. The minimum atomic E-state index is -0.762. The fraction of sp³-hybridized carbons (Fsp3) is 0.936. The molecule has 0 fully saturated rings. The van der Waals surface area contributed by atoms with Gasteiger partial charge in [-0.2, -0.15) is 0 Å². The fourth-order valence-electron chi connectivity index (χ4n) is 6.85. The number of unbranched alkanes of at least 4 members (excludes halogenated alkanes) is 22. The molecule has 2 atom stereocenters. The summed E-state index contributed by atoms with van der Waals surface area (Å²) in [5.74, 6) is 1.57. The summed E-state index contributed by atoms with van der Waals surface area (Å²) in [6.45, 7) is 13.6. The lowest BCUT2D eigenvalue weighted by atomic mass is 10.00. The van der Waals surface area contributed by atoms with Crippen molar-refractivity contribution in [2.75, 3.05) is 13.2 Å². The average Bonchev–Trinajstić information content (AvgIpc) is 3.12. The molecule has 0 N–H and O–H groups in total. The van der Waals surface area contributed by atoms with Crippen LogP contribution in [0.1, 0.15) is 247 Å². The van der Waals surface area contributed by atoms with Gasteiger partial charge in [0.25, 0.3) is 0 Å². The highest BCUT2D eigenvalue weighted by atomic mass is 16.6. The number of carbonyl (C=O) groups excluding carboxylic acids is 3. The van der Waals surface area contributed by atoms with Crippen molar-refractivity contribution >= 4 is 17.9 Å². The largest absolute Gasteiger partial charge is 0.462 e. The van der Waals surface area contributed by atoms with Gasteiger partial charge in [0.2, 0.25) is 0 Å². The third kappa shape index (κ3) is 39.9. The van der Waals surface area contributed by atoms with Crippen molar-refractivity contribution in [1.82, 2.24) is 0 Å². The zero-order valence-corrected chi connectivity index (χ0v) is 36.3. The lowest BCUT2D eigenvalue weighted by molar-refractivity contribution is -0.167. The number of rotatable bonds is 40. The lowest BCUT2D eigenvalue weighted by Gasteiger charge is -2.18. The molecule has 0 aromatic heterocycles. The van der Waals surface area contributed by atoms with Crippen LogP contribution in [-0.4, -0.2) is 37.2 Å². The quantitative estimate of drug-likeness (QED) is 0.0352. The molecule has 314 valence electrons. The second-order valence-electron chi connectivity index (χ2n) is 17.2. The van der Waals surface area contributed by atoms with E-state index in [1.54, 1.807) is 0 Å². The highest BCUT2D eigenvalue weighted by Crippen LogP contribution is 2.17. The summed E-state index contributed by atoms with van der Waals surface area (Å²) in [5, 5.41) is 0. The topological polar surface area (TPSA) is 78.9 Å². The molecule has 0 aromatic rings. The van der Waals surface area contributed by atoms with E-state index in [-0.39, 0.29) is 31.1 Å². The second kappa shape index (κ2) is 38.7. The van der Waals surface area contributed by atoms with Crippen molar-refractivity contribution in [3.63, 3.8) is 0 Å². The van der Waals surface area contributed by atoms with Crippen molar-refractivity contribution in [1.29, 1.82) is 0 Å². The van der Waals surface area contributed by atoms with Gasteiger partial charge in [0.05, 0.1) is 0 Å². The Labute approximate surface area is 329 Å². The lowest BCUT2D eigenvalue weighted by Crippen LogP contribution is -2.30. The van der Waals surface area contributed by atoms with E-state index in [0.29, 0.717) is 19.3 Å². The van der Waals surface area contributed by atoms with Crippen LogP contribution < -0.4 is 0 Å². The standard InChI is InChI=1S/C47H90O6/c1-7-43(6)35-29-23-19-20-26-32-38-47(50)53-44(40-52-46(49)37-31-25-18-14-10-12-16-22-28-34-42(4)5)39-51-45(48)36-30-24-17-13-9-8-11-15-21-27-33-41(2)3/h41-44H,7-40H2,1-6H3/t43?,44-/m0/s1. The van der Waals surface area contributed by atoms with Gasteiger partial charge in [-0.1, -0.05) is 208 Å². The molecule has 0 amide bonds. The van der Waals surface area contributed by atoms with Crippen LogP contribution in [-0.2, 0) is 28.6 Å². The Morgan fingerprint density at radius 1 is 0.377 bits per heavy atom. The second-order valence-corrected chi connectivity index (χ2v) is 17.2. The SMILES string of the molecule is CCC(C)CCCCCCCCC(=O)O[C@@H](COC(=O)CCCCCCCCCCCCC(C)C)COC(=O)CCCCCCCCCCCC(C)C. The Balaban J connectivity index is 4.34. The van der Waals surface area contributed by atoms with Gasteiger partial charge in [0, 0.05) is 19.3 Å². The predicted molar refractivity (Wildman–Crippen MR) is 224 cm³/mol. The van der Waals surface area contributed by atoms with E-state index in [0.717, 1.165) is 75.5 Å². The van der Waals surface area contributed by atoms with Gasteiger partial charge in [-0.3, -0.25) is 14.4 Å². The monoisotopic (exact) mass is 751 g/mol. The van der Waals surface area contributed by atoms with Crippen LogP contribution in [0.25, 0.3) is 0 Å². The molecular formula is C47H90O6. The Morgan fingerprint density at radius 3 is 0.981 bits per heavy atom. The molecule has 0 aliphatic heterocycles. The van der Waals surface area contributed by atoms with Gasteiger partial charge >= 0.3 is 17.9 Å². The molecule has 0 spiro atoms. The van der Waals surface area contributed by atoms with Crippen LogP contribution in [0.2, 0.25) is 0 Å². The van der Waals surface area contributed by atoms with E-state index >= 15 is 0 Å². The number of ether oxygens (including phenoxy) is 3. The Morgan fingerprint density at radius 2 is 0.660 bits per heavy atom. The normalized spacial score (nSPS) is 12.7. The van der Waals surface area contributed by atoms with Crippen LogP contribution in [0.3, 0.4) is 0 Å². The van der Waals surface area contributed by atoms with Crippen LogP contribution in [0.15, 0.2) is 0 Å². The summed E-state index contributed by atoms with van der Waals surface area (Å²) in [6.07, 6.45) is 35.2. The Hall–Kier alpha value is -1.59. The molecule has 0 saturated heterocycles. The summed E-state index contributed by atoms with van der Waals surface area (Å²) in [5.41, 5.74) is 0. The molecule has 53 heavy (non-hydrogen) atoms. The van der Waals surface area contributed by atoms with E-state index in [2.05, 4.69) is 41.5 Å². The molecule has 6 heteroatoms. The number of carbonyl (C=O) groups is 3. The third-order valence-corrected chi connectivity index (χ3v) is 10.8. The molecule has 0 bridgehead atoms. The minimum Gasteiger partial charge on any atom is -0.462 e. The smallest absolute Gasteiger partial charge is 0.306 e. The first-order valence-electron chi connectivity index (χ1n) is 23.1. The van der Waals surface area contributed by atoms with Gasteiger partial charge in [0.1, 0.15) is 13.2 Å².